The average Bonchev–Trinajstić information content (AvgIpc) is 3.38. The molecule has 1 aliphatic carbocycles. The molecule has 31 heavy (non-hydrogen) atoms. The average molecular weight is 424 g/mol. The lowest BCUT2D eigenvalue weighted by Gasteiger charge is -2.32. The summed E-state index contributed by atoms with van der Waals surface area (Å²) in [4.78, 5) is 14.6. The van der Waals surface area contributed by atoms with Crippen molar-refractivity contribution in [2.24, 2.45) is 0 Å². The molecule has 0 radical (unpaired) electrons. The number of aromatic amines is 1. The topological polar surface area (TPSA) is 90.5 Å². The summed E-state index contributed by atoms with van der Waals surface area (Å²) < 4.78 is 19.5. The van der Waals surface area contributed by atoms with Gasteiger partial charge in [-0.05, 0) is 30.8 Å². The van der Waals surface area contributed by atoms with Crippen molar-refractivity contribution < 1.29 is 19.0 Å². The van der Waals surface area contributed by atoms with Crippen molar-refractivity contribution in [2.45, 2.75) is 37.3 Å². The normalized spacial score (nSPS) is 23.1. The molecule has 162 valence electrons. The number of likely N-dealkylation sites (N-methyl/N-ethyl adjacent to an activating group) is 1. The van der Waals surface area contributed by atoms with E-state index in [1.54, 1.807) is 18.2 Å². The van der Waals surface area contributed by atoms with Gasteiger partial charge >= 0.3 is 0 Å². The second kappa shape index (κ2) is 9.28. The number of aliphatic hydroxyl groups excluding tert-OH is 1. The van der Waals surface area contributed by atoms with E-state index < -0.39 is 24.1 Å². The molecule has 1 aliphatic rings. The maximum Gasteiger partial charge on any atom is 0.269 e. The maximum absolute atomic E-state index is 13.6. The second-order valence-corrected chi connectivity index (χ2v) is 7.78. The van der Waals surface area contributed by atoms with Gasteiger partial charge in [-0.15, -0.1) is 0 Å². The van der Waals surface area contributed by atoms with Crippen LogP contribution in [0.4, 0.5) is 4.39 Å². The zero-order valence-electron chi connectivity index (χ0n) is 17.1. The van der Waals surface area contributed by atoms with E-state index >= 15 is 0 Å². The molecule has 0 bridgehead atoms. The van der Waals surface area contributed by atoms with E-state index in [-0.39, 0.29) is 11.9 Å². The first-order chi connectivity index (χ1) is 15.0. The zero-order valence-corrected chi connectivity index (χ0v) is 17.1. The van der Waals surface area contributed by atoms with Crippen LogP contribution < -0.4 is 10.1 Å². The van der Waals surface area contributed by atoms with Gasteiger partial charge in [-0.1, -0.05) is 36.4 Å². The number of halogens is 1. The minimum Gasteiger partial charge on any atom is -0.487 e. The van der Waals surface area contributed by atoms with Crippen molar-refractivity contribution in [3.63, 3.8) is 0 Å². The minimum absolute atomic E-state index is 0.306. The van der Waals surface area contributed by atoms with Gasteiger partial charge in [0.15, 0.2) is 0 Å². The number of ether oxygens (including phenoxy) is 1. The standard InChI is InChI=1S/C23H25FN4O3/c1-28(14-15-6-3-2-4-7-15)21-19(26-23(30)18-10-11-25-27-18)13-20(22(21)29)31-17-9-5-8-16(24)12-17/h2-12,19-22,29H,13-14H2,1H3,(H,25,27)(H,26,30)/t19-,20-,21+,22+/m1/s1. The number of amides is 1. The molecule has 3 N–H and O–H groups in total. The first kappa shape index (κ1) is 21.0. The van der Waals surface area contributed by atoms with Gasteiger partial charge in [0.25, 0.3) is 5.91 Å². The molecule has 4 atom stereocenters. The number of H-pyrrole nitrogens is 1. The minimum atomic E-state index is -0.885. The highest BCUT2D eigenvalue weighted by atomic mass is 19.1. The number of hydrogen-bond donors (Lipinski definition) is 3. The molecule has 1 amide bonds. The number of rotatable bonds is 7. The number of aliphatic hydroxyl groups is 1. The molecule has 3 aromatic rings. The van der Waals surface area contributed by atoms with Crippen LogP contribution in [0.15, 0.2) is 66.9 Å². The van der Waals surface area contributed by atoms with Crippen LogP contribution in [0.3, 0.4) is 0 Å². The Hall–Kier alpha value is -3.23. The summed E-state index contributed by atoms with van der Waals surface area (Å²) in [6.07, 6.45) is 0.399. The Labute approximate surface area is 179 Å². The van der Waals surface area contributed by atoms with Gasteiger partial charge in [0.2, 0.25) is 0 Å². The Morgan fingerprint density at radius 1 is 1.26 bits per heavy atom. The Balaban J connectivity index is 1.54. The van der Waals surface area contributed by atoms with E-state index in [0.29, 0.717) is 24.4 Å². The number of benzene rings is 2. The van der Waals surface area contributed by atoms with Crippen LogP contribution in [0.5, 0.6) is 5.75 Å². The van der Waals surface area contributed by atoms with Crippen molar-refractivity contribution in [3.05, 3.63) is 83.9 Å². The van der Waals surface area contributed by atoms with Gasteiger partial charge in [-0.2, -0.15) is 5.10 Å². The maximum atomic E-state index is 13.6. The van der Waals surface area contributed by atoms with Crippen molar-refractivity contribution in [1.29, 1.82) is 0 Å². The molecule has 0 unspecified atom stereocenters. The van der Waals surface area contributed by atoms with E-state index in [4.69, 9.17) is 4.74 Å². The van der Waals surface area contributed by atoms with Crippen LogP contribution >= 0.6 is 0 Å². The molecular weight excluding hydrogens is 399 g/mol. The quantitative estimate of drug-likeness (QED) is 0.542. The van der Waals surface area contributed by atoms with E-state index in [2.05, 4.69) is 15.5 Å². The fourth-order valence-electron chi connectivity index (χ4n) is 4.14. The first-order valence-electron chi connectivity index (χ1n) is 10.2. The van der Waals surface area contributed by atoms with E-state index in [9.17, 15) is 14.3 Å². The number of nitrogens with one attached hydrogen (secondary N) is 2. The third-order valence-corrected chi connectivity index (χ3v) is 5.56. The van der Waals surface area contributed by atoms with Gasteiger partial charge < -0.3 is 15.2 Å². The van der Waals surface area contributed by atoms with Gasteiger partial charge in [0, 0.05) is 25.2 Å². The first-order valence-corrected chi connectivity index (χ1v) is 10.2. The molecule has 0 saturated heterocycles. The van der Waals surface area contributed by atoms with Crippen molar-refractivity contribution in [2.75, 3.05) is 7.05 Å². The third kappa shape index (κ3) is 4.92. The van der Waals surface area contributed by atoms with Crippen molar-refractivity contribution >= 4 is 5.91 Å². The molecule has 7 nitrogen and oxygen atoms in total. The molecule has 2 aromatic carbocycles. The highest BCUT2D eigenvalue weighted by molar-refractivity contribution is 5.92. The van der Waals surface area contributed by atoms with Crippen molar-refractivity contribution in [3.8, 4) is 5.75 Å². The summed E-state index contributed by atoms with van der Waals surface area (Å²) in [5, 5.41) is 20.6. The predicted octanol–water partition coefficient (Wildman–Crippen LogP) is 2.36. The van der Waals surface area contributed by atoms with Gasteiger partial charge in [-0.3, -0.25) is 14.8 Å². The number of aromatic nitrogens is 2. The van der Waals surface area contributed by atoms with Crippen LogP contribution in [-0.2, 0) is 6.54 Å². The molecule has 4 rings (SSSR count). The van der Waals surface area contributed by atoms with E-state index in [1.165, 1.54) is 18.3 Å². The Morgan fingerprint density at radius 3 is 2.77 bits per heavy atom. The van der Waals surface area contributed by atoms with Crippen LogP contribution in [0.1, 0.15) is 22.5 Å². The highest BCUT2D eigenvalue weighted by Crippen LogP contribution is 2.30. The summed E-state index contributed by atoms with van der Waals surface area (Å²) in [5.74, 6) is -0.375. The molecular formula is C23H25FN4O3. The zero-order chi connectivity index (χ0) is 21.8. The lowest BCUT2D eigenvalue weighted by Crippen LogP contribution is -2.51. The van der Waals surface area contributed by atoms with Crippen LogP contribution in [0, 0.1) is 5.82 Å². The molecule has 8 heteroatoms. The van der Waals surface area contributed by atoms with Gasteiger partial charge in [-0.25, -0.2) is 4.39 Å². The summed E-state index contributed by atoms with van der Waals surface area (Å²) in [7, 11) is 1.90. The summed E-state index contributed by atoms with van der Waals surface area (Å²) >= 11 is 0. The highest BCUT2D eigenvalue weighted by Gasteiger charge is 2.46. The Bertz CT molecular complexity index is 999. The van der Waals surface area contributed by atoms with E-state index in [0.717, 1.165) is 5.56 Å². The fourth-order valence-corrected chi connectivity index (χ4v) is 4.14. The lowest BCUT2D eigenvalue weighted by atomic mass is 10.1. The third-order valence-electron chi connectivity index (χ3n) is 5.56. The van der Waals surface area contributed by atoms with Gasteiger partial charge in [0.05, 0.1) is 12.1 Å². The number of carbonyl (C=O) groups is 1. The van der Waals surface area contributed by atoms with Crippen molar-refractivity contribution in [1.82, 2.24) is 20.4 Å². The smallest absolute Gasteiger partial charge is 0.269 e. The molecule has 0 spiro atoms. The lowest BCUT2D eigenvalue weighted by molar-refractivity contribution is 0.0124. The van der Waals surface area contributed by atoms with Gasteiger partial charge in [0.1, 0.15) is 29.5 Å². The van der Waals surface area contributed by atoms with E-state index in [1.807, 2.05) is 42.3 Å². The summed E-state index contributed by atoms with van der Waals surface area (Å²) in [5.41, 5.74) is 1.43. The second-order valence-electron chi connectivity index (χ2n) is 7.78. The summed E-state index contributed by atoms with van der Waals surface area (Å²) in [6.45, 7) is 0.589. The van der Waals surface area contributed by atoms with Crippen LogP contribution in [0.25, 0.3) is 0 Å². The molecule has 1 fully saturated rings. The SMILES string of the molecule is CN(Cc1ccccc1)[C@@H]1[C@@H](O)[C@H](Oc2cccc(F)c2)C[C@H]1NC(=O)c1ccn[nH]1. The van der Waals surface area contributed by atoms with Crippen LogP contribution in [0.2, 0.25) is 0 Å². The molecule has 1 heterocycles. The number of carbonyl (C=O) groups excluding carboxylic acids is 1. The molecule has 0 aliphatic heterocycles. The Kier molecular flexibility index (Phi) is 6.29. The number of nitrogens with zero attached hydrogens (tertiary/aromatic N) is 2. The molecule has 1 aromatic heterocycles. The number of hydrogen-bond acceptors (Lipinski definition) is 5. The largest absolute Gasteiger partial charge is 0.487 e. The fraction of sp³-hybridized carbons (Fsp3) is 0.304. The summed E-state index contributed by atoms with van der Waals surface area (Å²) in [6, 6.07) is 16.5. The Morgan fingerprint density at radius 2 is 2.06 bits per heavy atom. The monoisotopic (exact) mass is 424 g/mol. The van der Waals surface area contributed by atoms with Crippen LogP contribution in [-0.4, -0.2) is 57.5 Å². The predicted molar refractivity (Wildman–Crippen MR) is 113 cm³/mol. The molecule has 1 saturated carbocycles.